The number of nitrogens with zero attached hydrogens (tertiary/aromatic N) is 2. The second kappa shape index (κ2) is 2.28. The number of benzene rings is 1. The molecule has 0 fully saturated rings. The van der Waals surface area contributed by atoms with Crippen LogP contribution in [0.4, 0.5) is 5.69 Å². The molecule has 66 valence electrons. The molecule has 2 heteroatoms. The van der Waals surface area contributed by atoms with Crippen LogP contribution in [0, 0.1) is 0 Å². The SMILES string of the molecule is CN1CCn2ccc3cccc1c32. The molecule has 1 aromatic carbocycles. The molecule has 0 N–H and O–H groups in total. The third-order valence-corrected chi connectivity index (χ3v) is 2.85. The van der Waals surface area contributed by atoms with E-state index in [9.17, 15) is 0 Å². The Hall–Kier alpha value is -1.44. The van der Waals surface area contributed by atoms with E-state index in [1.165, 1.54) is 16.6 Å². The van der Waals surface area contributed by atoms with Gasteiger partial charge in [0.1, 0.15) is 0 Å². The standard InChI is InChI=1S/C11H12N2/c1-12-7-8-13-6-5-9-3-2-4-10(12)11(9)13/h2-6H,7-8H2,1H3. The van der Waals surface area contributed by atoms with Crippen LogP contribution in [0.5, 0.6) is 0 Å². The highest BCUT2D eigenvalue weighted by molar-refractivity contribution is 5.92. The molecule has 1 aromatic heterocycles. The Kier molecular flexibility index (Phi) is 1.23. The molecule has 0 unspecified atom stereocenters. The first-order valence-electron chi connectivity index (χ1n) is 4.65. The van der Waals surface area contributed by atoms with Crippen molar-refractivity contribution in [3.8, 4) is 0 Å². The fourth-order valence-corrected chi connectivity index (χ4v) is 2.11. The highest BCUT2D eigenvalue weighted by Crippen LogP contribution is 2.29. The lowest BCUT2D eigenvalue weighted by Gasteiger charge is -2.26. The minimum absolute atomic E-state index is 1.11. The molecule has 3 rings (SSSR count). The first-order chi connectivity index (χ1) is 6.36. The predicted octanol–water partition coefficient (Wildman–Crippen LogP) is 2.09. The Bertz CT molecular complexity index is 456. The van der Waals surface area contributed by atoms with Crippen molar-refractivity contribution in [3.63, 3.8) is 0 Å². The molecule has 0 spiro atoms. The number of likely N-dealkylation sites (N-methyl/N-ethyl adjacent to an activating group) is 1. The van der Waals surface area contributed by atoms with Gasteiger partial charge in [-0.25, -0.2) is 0 Å². The predicted molar refractivity (Wildman–Crippen MR) is 55.2 cm³/mol. The van der Waals surface area contributed by atoms with Gasteiger partial charge in [0.25, 0.3) is 0 Å². The van der Waals surface area contributed by atoms with E-state index in [2.05, 4.69) is 47.0 Å². The fraction of sp³-hybridized carbons (Fsp3) is 0.273. The van der Waals surface area contributed by atoms with Crippen LogP contribution in [0.3, 0.4) is 0 Å². The molecule has 0 amide bonds. The van der Waals surface area contributed by atoms with E-state index < -0.39 is 0 Å². The van der Waals surface area contributed by atoms with Crippen molar-refractivity contribution < 1.29 is 0 Å². The zero-order valence-electron chi connectivity index (χ0n) is 7.70. The van der Waals surface area contributed by atoms with Crippen molar-refractivity contribution in [2.24, 2.45) is 0 Å². The van der Waals surface area contributed by atoms with E-state index in [1.807, 2.05) is 0 Å². The summed E-state index contributed by atoms with van der Waals surface area (Å²) < 4.78 is 2.34. The van der Waals surface area contributed by atoms with Crippen LogP contribution in [0.1, 0.15) is 0 Å². The van der Waals surface area contributed by atoms with Crippen molar-refractivity contribution in [1.82, 2.24) is 4.57 Å². The monoisotopic (exact) mass is 172 g/mol. The highest BCUT2D eigenvalue weighted by atomic mass is 15.2. The van der Waals surface area contributed by atoms with Crippen LogP contribution in [0.2, 0.25) is 0 Å². The molecule has 0 radical (unpaired) electrons. The largest absolute Gasteiger partial charge is 0.371 e. The number of aromatic nitrogens is 1. The van der Waals surface area contributed by atoms with Crippen molar-refractivity contribution in [2.75, 3.05) is 18.5 Å². The van der Waals surface area contributed by atoms with Crippen molar-refractivity contribution in [1.29, 1.82) is 0 Å². The molecule has 2 nitrogen and oxygen atoms in total. The Morgan fingerprint density at radius 1 is 1.15 bits per heavy atom. The summed E-state index contributed by atoms with van der Waals surface area (Å²) in [5.74, 6) is 0. The normalized spacial score (nSPS) is 15.3. The summed E-state index contributed by atoms with van der Waals surface area (Å²) in [4.78, 5) is 2.32. The van der Waals surface area contributed by atoms with Crippen LogP contribution in [-0.4, -0.2) is 18.2 Å². The van der Waals surface area contributed by atoms with Gasteiger partial charge in [-0.1, -0.05) is 12.1 Å². The number of hydrogen-bond acceptors (Lipinski definition) is 1. The van der Waals surface area contributed by atoms with E-state index in [-0.39, 0.29) is 0 Å². The second-order valence-corrected chi connectivity index (χ2v) is 3.65. The Balaban J connectivity index is 2.45. The van der Waals surface area contributed by atoms with E-state index in [1.54, 1.807) is 0 Å². The van der Waals surface area contributed by atoms with Crippen LogP contribution in [0.25, 0.3) is 10.9 Å². The summed E-state index contributed by atoms with van der Waals surface area (Å²) >= 11 is 0. The van der Waals surface area contributed by atoms with E-state index in [4.69, 9.17) is 0 Å². The van der Waals surface area contributed by atoms with Crippen molar-refractivity contribution in [3.05, 3.63) is 30.5 Å². The zero-order valence-corrected chi connectivity index (χ0v) is 7.70. The van der Waals surface area contributed by atoms with Crippen LogP contribution in [-0.2, 0) is 6.54 Å². The molecular weight excluding hydrogens is 160 g/mol. The first-order valence-corrected chi connectivity index (χ1v) is 4.65. The van der Waals surface area contributed by atoms with Gasteiger partial charge in [0.15, 0.2) is 0 Å². The minimum Gasteiger partial charge on any atom is -0.371 e. The molecule has 2 aromatic rings. The summed E-state index contributed by atoms with van der Waals surface area (Å²) in [5, 5.41) is 1.35. The molecule has 0 atom stereocenters. The molecular formula is C11H12N2. The molecule has 0 bridgehead atoms. The number of hydrogen-bond donors (Lipinski definition) is 0. The van der Waals surface area contributed by atoms with E-state index in [0.29, 0.717) is 0 Å². The van der Waals surface area contributed by atoms with Crippen LogP contribution >= 0.6 is 0 Å². The van der Waals surface area contributed by atoms with Gasteiger partial charge in [0, 0.05) is 31.7 Å². The number of anilines is 1. The summed E-state index contributed by atoms with van der Waals surface area (Å²) in [6.45, 7) is 2.22. The molecule has 0 saturated heterocycles. The summed E-state index contributed by atoms with van der Waals surface area (Å²) in [7, 11) is 2.16. The first kappa shape index (κ1) is 7.01. The molecule has 2 heterocycles. The topological polar surface area (TPSA) is 8.17 Å². The van der Waals surface area contributed by atoms with E-state index in [0.717, 1.165) is 13.1 Å². The molecule has 1 aliphatic heterocycles. The molecule has 13 heavy (non-hydrogen) atoms. The van der Waals surface area contributed by atoms with Gasteiger partial charge in [-0.2, -0.15) is 0 Å². The number of para-hydroxylation sites is 1. The molecule has 1 aliphatic rings. The highest BCUT2D eigenvalue weighted by Gasteiger charge is 2.14. The Labute approximate surface area is 77.4 Å². The van der Waals surface area contributed by atoms with Gasteiger partial charge in [-0.3, -0.25) is 0 Å². The quantitative estimate of drug-likeness (QED) is 0.590. The van der Waals surface area contributed by atoms with Gasteiger partial charge < -0.3 is 9.47 Å². The molecule has 0 aliphatic carbocycles. The lowest BCUT2D eigenvalue weighted by Crippen LogP contribution is -2.26. The second-order valence-electron chi connectivity index (χ2n) is 3.65. The van der Waals surface area contributed by atoms with Gasteiger partial charge in [-0.05, 0) is 12.1 Å². The van der Waals surface area contributed by atoms with Gasteiger partial charge in [0.05, 0.1) is 11.2 Å². The van der Waals surface area contributed by atoms with Crippen molar-refractivity contribution >= 4 is 16.6 Å². The van der Waals surface area contributed by atoms with Gasteiger partial charge >= 0.3 is 0 Å². The third-order valence-electron chi connectivity index (χ3n) is 2.85. The summed E-state index contributed by atoms with van der Waals surface area (Å²) in [6, 6.07) is 8.69. The lowest BCUT2D eigenvalue weighted by molar-refractivity contribution is 0.685. The van der Waals surface area contributed by atoms with Crippen LogP contribution < -0.4 is 4.90 Å². The Morgan fingerprint density at radius 2 is 2.08 bits per heavy atom. The van der Waals surface area contributed by atoms with Gasteiger partial charge in [-0.15, -0.1) is 0 Å². The maximum atomic E-state index is 2.34. The maximum Gasteiger partial charge on any atom is 0.0718 e. The molecule has 0 saturated carbocycles. The third kappa shape index (κ3) is 0.829. The van der Waals surface area contributed by atoms with E-state index >= 15 is 0 Å². The zero-order chi connectivity index (χ0) is 8.84. The average Bonchev–Trinajstić information content (AvgIpc) is 2.57. The maximum absolute atomic E-state index is 2.34. The smallest absolute Gasteiger partial charge is 0.0718 e. The fourth-order valence-electron chi connectivity index (χ4n) is 2.11. The minimum atomic E-state index is 1.11. The Morgan fingerprint density at radius 3 is 3.00 bits per heavy atom. The summed E-state index contributed by atoms with van der Waals surface area (Å²) in [5.41, 5.74) is 2.74. The van der Waals surface area contributed by atoms with Gasteiger partial charge in [0.2, 0.25) is 0 Å². The van der Waals surface area contributed by atoms with Crippen LogP contribution in [0.15, 0.2) is 30.5 Å². The van der Waals surface area contributed by atoms with Crippen molar-refractivity contribution in [2.45, 2.75) is 6.54 Å². The average molecular weight is 172 g/mol. The number of rotatable bonds is 0. The lowest BCUT2D eigenvalue weighted by atomic mass is 10.2. The summed E-state index contributed by atoms with van der Waals surface area (Å²) in [6.07, 6.45) is 2.18.